The minimum absolute atomic E-state index is 0.388. The van der Waals surface area contributed by atoms with Crippen molar-refractivity contribution in [2.24, 2.45) is 7.05 Å². The quantitative estimate of drug-likeness (QED) is 0.855. The standard InChI is InChI=1S/C11H15N5O/c1-16-11-9(5-14-16)10(12-6-13-11)15-7-3-8(4-7)17-2/h5-8H,3-4H2,1-2H3,(H,12,13,15). The molecular formula is C11H15N5O. The van der Waals surface area contributed by atoms with Gasteiger partial charge in [0.05, 0.1) is 17.7 Å². The third-order valence-corrected chi connectivity index (χ3v) is 3.30. The zero-order valence-electron chi connectivity index (χ0n) is 9.92. The van der Waals surface area contributed by atoms with Crippen LogP contribution in [0.25, 0.3) is 11.0 Å². The second kappa shape index (κ2) is 3.96. The lowest BCUT2D eigenvalue weighted by atomic mass is 9.89. The number of hydrogen-bond donors (Lipinski definition) is 1. The summed E-state index contributed by atoms with van der Waals surface area (Å²) in [6.07, 6.45) is 5.81. The Hall–Kier alpha value is -1.69. The molecule has 0 amide bonds. The van der Waals surface area contributed by atoms with Gasteiger partial charge in [-0.1, -0.05) is 0 Å². The summed E-state index contributed by atoms with van der Waals surface area (Å²) in [4.78, 5) is 8.48. The van der Waals surface area contributed by atoms with Crippen LogP contribution in [-0.4, -0.2) is 39.0 Å². The molecule has 2 heterocycles. The molecule has 0 spiro atoms. The van der Waals surface area contributed by atoms with Crippen LogP contribution >= 0.6 is 0 Å². The molecule has 1 fully saturated rings. The number of aryl methyl sites for hydroxylation is 1. The van der Waals surface area contributed by atoms with Crippen molar-refractivity contribution in [1.82, 2.24) is 19.7 Å². The van der Waals surface area contributed by atoms with E-state index < -0.39 is 0 Å². The van der Waals surface area contributed by atoms with Gasteiger partial charge in [-0.25, -0.2) is 9.97 Å². The number of hydrogen-bond acceptors (Lipinski definition) is 5. The number of aromatic nitrogens is 4. The lowest BCUT2D eigenvalue weighted by Crippen LogP contribution is -2.40. The van der Waals surface area contributed by atoms with Gasteiger partial charge in [0.1, 0.15) is 12.1 Å². The Kier molecular flexibility index (Phi) is 2.44. The van der Waals surface area contributed by atoms with Gasteiger partial charge in [-0.2, -0.15) is 5.10 Å². The molecule has 0 unspecified atom stereocenters. The van der Waals surface area contributed by atoms with E-state index in [4.69, 9.17) is 4.74 Å². The monoisotopic (exact) mass is 233 g/mol. The van der Waals surface area contributed by atoms with E-state index in [-0.39, 0.29) is 0 Å². The fourth-order valence-corrected chi connectivity index (χ4v) is 2.15. The molecule has 0 bridgehead atoms. The molecule has 1 N–H and O–H groups in total. The molecule has 0 aromatic carbocycles. The zero-order valence-corrected chi connectivity index (χ0v) is 9.92. The molecule has 0 radical (unpaired) electrons. The van der Waals surface area contributed by atoms with E-state index in [1.807, 2.05) is 7.05 Å². The number of rotatable bonds is 3. The maximum atomic E-state index is 5.26. The zero-order chi connectivity index (χ0) is 11.8. The Labute approximate surface area is 99.0 Å². The van der Waals surface area contributed by atoms with Gasteiger partial charge >= 0.3 is 0 Å². The summed E-state index contributed by atoms with van der Waals surface area (Å²) in [5, 5.41) is 8.57. The van der Waals surface area contributed by atoms with Gasteiger partial charge in [0.25, 0.3) is 0 Å². The summed E-state index contributed by atoms with van der Waals surface area (Å²) in [7, 11) is 3.63. The smallest absolute Gasteiger partial charge is 0.163 e. The molecule has 1 saturated carbocycles. The topological polar surface area (TPSA) is 64.9 Å². The van der Waals surface area contributed by atoms with Gasteiger partial charge in [-0.05, 0) is 12.8 Å². The predicted molar refractivity (Wildman–Crippen MR) is 63.7 cm³/mol. The molecule has 17 heavy (non-hydrogen) atoms. The third-order valence-electron chi connectivity index (χ3n) is 3.30. The highest BCUT2D eigenvalue weighted by atomic mass is 16.5. The normalized spacial score (nSPS) is 23.6. The second-order valence-corrected chi connectivity index (χ2v) is 4.40. The van der Waals surface area contributed by atoms with E-state index in [0.29, 0.717) is 12.1 Å². The number of anilines is 1. The summed E-state index contributed by atoms with van der Waals surface area (Å²) >= 11 is 0. The lowest BCUT2D eigenvalue weighted by Gasteiger charge is -2.34. The predicted octanol–water partition coefficient (Wildman–Crippen LogP) is 0.953. The molecule has 2 aromatic rings. The summed E-state index contributed by atoms with van der Waals surface area (Å²) in [6.45, 7) is 0. The van der Waals surface area contributed by atoms with Crippen molar-refractivity contribution < 1.29 is 4.74 Å². The largest absolute Gasteiger partial charge is 0.381 e. The second-order valence-electron chi connectivity index (χ2n) is 4.40. The first-order chi connectivity index (χ1) is 8.28. The number of ether oxygens (including phenoxy) is 1. The Bertz CT molecular complexity index is 532. The van der Waals surface area contributed by atoms with Crippen molar-refractivity contribution in [3.05, 3.63) is 12.5 Å². The van der Waals surface area contributed by atoms with Gasteiger partial charge in [-0.3, -0.25) is 4.68 Å². The van der Waals surface area contributed by atoms with Crippen molar-refractivity contribution in [1.29, 1.82) is 0 Å². The molecular weight excluding hydrogens is 218 g/mol. The van der Waals surface area contributed by atoms with Crippen LogP contribution in [0.5, 0.6) is 0 Å². The van der Waals surface area contributed by atoms with E-state index in [9.17, 15) is 0 Å². The Morgan fingerprint density at radius 2 is 2.24 bits per heavy atom. The number of fused-ring (bicyclic) bond motifs is 1. The van der Waals surface area contributed by atoms with Crippen LogP contribution in [0, 0.1) is 0 Å². The summed E-state index contributed by atoms with van der Waals surface area (Å²) in [5.74, 6) is 0.864. The molecule has 0 atom stereocenters. The molecule has 0 saturated heterocycles. The first-order valence-corrected chi connectivity index (χ1v) is 5.70. The summed E-state index contributed by atoms with van der Waals surface area (Å²) in [5.41, 5.74) is 0.852. The average molecular weight is 233 g/mol. The molecule has 0 aliphatic heterocycles. The number of nitrogens with zero attached hydrogens (tertiary/aromatic N) is 4. The van der Waals surface area contributed by atoms with E-state index in [1.54, 1.807) is 24.3 Å². The molecule has 90 valence electrons. The molecule has 6 nitrogen and oxygen atoms in total. The Balaban J connectivity index is 1.81. The molecule has 1 aliphatic carbocycles. The number of nitrogens with one attached hydrogen (secondary N) is 1. The van der Waals surface area contributed by atoms with Crippen LogP contribution in [0.4, 0.5) is 5.82 Å². The highest BCUT2D eigenvalue weighted by molar-refractivity contribution is 5.86. The van der Waals surface area contributed by atoms with Gasteiger partial charge in [0, 0.05) is 20.2 Å². The minimum Gasteiger partial charge on any atom is -0.381 e. The van der Waals surface area contributed by atoms with Crippen LogP contribution in [-0.2, 0) is 11.8 Å². The van der Waals surface area contributed by atoms with Crippen LogP contribution in [0.3, 0.4) is 0 Å². The number of methoxy groups -OCH3 is 1. The first-order valence-electron chi connectivity index (χ1n) is 5.70. The van der Waals surface area contributed by atoms with Crippen molar-refractivity contribution in [3.8, 4) is 0 Å². The van der Waals surface area contributed by atoms with E-state index in [2.05, 4.69) is 20.4 Å². The van der Waals surface area contributed by atoms with Crippen molar-refractivity contribution in [3.63, 3.8) is 0 Å². The van der Waals surface area contributed by atoms with Crippen molar-refractivity contribution in [2.75, 3.05) is 12.4 Å². The highest BCUT2D eigenvalue weighted by Crippen LogP contribution is 2.27. The average Bonchev–Trinajstić information content (AvgIpc) is 2.66. The molecule has 6 heteroatoms. The highest BCUT2D eigenvalue weighted by Gasteiger charge is 2.29. The van der Waals surface area contributed by atoms with Gasteiger partial charge < -0.3 is 10.1 Å². The maximum Gasteiger partial charge on any atom is 0.163 e. The van der Waals surface area contributed by atoms with Gasteiger partial charge in [-0.15, -0.1) is 0 Å². The van der Waals surface area contributed by atoms with Gasteiger partial charge in [0.15, 0.2) is 5.65 Å². The molecule has 3 rings (SSSR count). The molecule has 1 aliphatic rings. The lowest BCUT2D eigenvalue weighted by molar-refractivity contribution is 0.0328. The van der Waals surface area contributed by atoms with Crippen molar-refractivity contribution >= 4 is 16.9 Å². The van der Waals surface area contributed by atoms with Crippen LogP contribution < -0.4 is 5.32 Å². The van der Waals surface area contributed by atoms with Gasteiger partial charge in [0.2, 0.25) is 0 Å². The SMILES string of the molecule is COC1CC(Nc2ncnc3c2cnn3C)C1. The fourth-order valence-electron chi connectivity index (χ4n) is 2.15. The summed E-state index contributed by atoms with van der Waals surface area (Å²) in [6, 6.07) is 0.443. The first kappa shape index (κ1) is 10.5. The fraction of sp³-hybridized carbons (Fsp3) is 0.545. The van der Waals surface area contributed by atoms with Crippen LogP contribution in [0.15, 0.2) is 12.5 Å². The third kappa shape index (κ3) is 1.74. The minimum atomic E-state index is 0.388. The maximum absolute atomic E-state index is 5.26. The Morgan fingerprint density at radius 1 is 1.41 bits per heavy atom. The van der Waals surface area contributed by atoms with Crippen molar-refractivity contribution in [2.45, 2.75) is 25.0 Å². The summed E-state index contributed by atoms with van der Waals surface area (Å²) < 4.78 is 7.01. The van der Waals surface area contributed by atoms with Crippen LogP contribution in [0.1, 0.15) is 12.8 Å². The van der Waals surface area contributed by atoms with E-state index >= 15 is 0 Å². The Morgan fingerprint density at radius 3 is 3.00 bits per heavy atom. The van der Waals surface area contributed by atoms with E-state index in [0.717, 1.165) is 29.7 Å². The molecule has 2 aromatic heterocycles. The van der Waals surface area contributed by atoms with Crippen LogP contribution in [0.2, 0.25) is 0 Å². The van der Waals surface area contributed by atoms with E-state index in [1.165, 1.54) is 0 Å².